The molecule has 302 valence electrons. The maximum Gasteiger partial charge on any atom is 0.243 e. The molecule has 0 aliphatic rings. The molecule has 0 atom stereocenters. The summed E-state index contributed by atoms with van der Waals surface area (Å²) in [5, 5.41) is 0. The zero-order valence-corrected chi connectivity index (χ0v) is 36.7. The highest BCUT2D eigenvalue weighted by atomic mass is 32.2. The molecular weight excluding hydrogens is 741 g/mol. The van der Waals surface area contributed by atoms with Crippen LogP contribution in [0.4, 0.5) is 0 Å². The largest absolute Gasteiger partial charge is 0.330 e. The summed E-state index contributed by atoms with van der Waals surface area (Å²) in [4.78, 5) is 0.940. The minimum atomic E-state index is -3.92. The average Bonchev–Trinajstić information content (AvgIpc) is 3.02. The number of rotatable bonds is 21. The first kappa shape index (κ1) is 45.7. The molecule has 0 bridgehead atoms. The molecule has 0 unspecified atom stereocenters. The van der Waals surface area contributed by atoms with Crippen molar-refractivity contribution in [2.75, 3.05) is 45.8 Å². The Balaban J connectivity index is 1.83. The second-order valence-electron chi connectivity index (χ2n) is 14.9. The van der Waals surface area contributed by atoms with Crippen molar-refractivity contribution in [3.63, 3.8) is 0 Å². The lowest BCUT2D eigenvalue weighted by Gasteiger charge is -2.27. The summed E-state index contributed by atoms with van der Waals surface area (Å²) < 4.78 is 88.9. The van der Waals surface area contributed by atoms with E-state index >= 15 is 0 Å². The monoisotopic (exact) mass is 804 g/mol. The van der Waals surface area contributed by atoms with Crippen LogP contribution in [-0.2, 0) is 30.1 Å². The lowest BCUT2D eigenvalue weighted by Crippen LogP contribution is -2.37. The zero-order valence-electron chi connectivity index (χ0n) is 34.2. The molecule has 0 spiro atoms. The van der Waals surface area contributed by atoms with Gasteiger partial charge in [0.25, 0.3) is 0 Å². The number of aryl methyl sites for hydroxylation is 9. The maximum atomic E-state index is 14.4. The Hall–Kier alpha value is -2.65. The summed E-state index contributed by atoms with van der Waals surface area (Å²) in [6.45, 7) is 20.5. The Morgan fingerprint density at radius 2 is 0.630 bits per heavy atom. The first-order valence-electron chi connectivity index (χ1n) is 19.1. The Morgan fingerprint density at radius 3 is 0.870 bits per heavy atom. The van der Waals surface area contributed by atoms with E-state index in [0.717, 1.165) is 16.7 Å². The molecule has 54 heavy (non-hydrogen) atoms. The van der Waals surface area contributed by atoms with Crippen molar-refractivity contribution in [2.24, 2.45) is 5.73 Å². The van der Waals surface area contributed by atoms with Crippen molar-refractivity contribution in [2.45, 2.75) is 122 Å². The minimum Gasteiger partial charge on any atom is -0.330 e. The van der Waals surface area contributed by atoms with Crippen LogP contribution >= 0.6 is 0 Å². The highest BCUT2D eigenvalue weighted by Gasteiger charge is 2.31. The minimum absolute atomic E-state index is 0.200. The van der Waals surface area contributed by atoms with Gasteiger partial charge in [-0.05, 0) is 141 Å². The Kier molecular flexibility index (Phi) is 16.5. The van der Waals surface area contributed by atoms with Gasteiger partial charge < -0.3 is 5.73 Å². The van der Waals surface area contributed by atoms with Crippen LogP contribution < -0.4 is 5.73 Å². The van der Waals surface area contributed by atoms with Crippen LogP contribution in [0.3, 0.4) is 0 Å². The van der Waals surface area contributed by atoms with E-state index in [2.05, 4.69) is 0 Å². The zero-order chi connectivity index (χ0) is 40.6. The maximum absolute atomic E-state index is 14.4. The quantitative estimate of drug-likeness (QED) is 0.113. The molecule has 0 aromatic heterocycles. The fraction of sp³-hybridized carbons (Fsp3) is 0.561. The summed E-state index contributed by atoms with van der Waals surface area (Å²) in [6.07, 6.45) is 3.14. The average molecular weight is 805 g/mol. The van der Waals surface area contributed by atoms with Crippen molar-refractivity contribution in [3.05, 3.63) is 86.5 Å². The molecule has 3 aromatic rings. The number of nitrogens with two attached hydrogens (primary N) is 1. The smallest absolute Gasteiger partial charge is 0.243 e. The van der Waals surface area contributed by atoms with Gasteiger partial charge in [0, 0.05) is 39.3 Å². The van der Waals surface area contributed by atoms with E-state index in [9.17, 15) is 25.3 Å². The molecule has 3 aromatic carbocycles. The number of unbranched alkanes of at least 4 members (excludes halogenated alkanes) is 3. The van der Waals surface area contributed by atoms with Crippen LogP contribution in [0.5, 0.6) is 0 Å². The Bertz CT molecular complexity index is 2030. The topological polar surface area (TPSA) is 138 Å². The molecule has 0 fully saturated rings. The molecule has 0 radical (unpaired) electrons. The number of hydrogen-bond donors (Lipinski definition) is 1. The number of sulfonamides is 3. The van der Waals surface area contributed by atoms with E-state index in [4.69, 9.17) is 5.73 Å². The number of nitrogens with zero attached hydrogens (tertiary/aromatic N) is 3. The summed E-state index contributed by atoms with van der Waals surface area (Å²) in [7, 11) is -11.5. The van der Waals surface area contributed by atoms with Crippen LogP contribution in [0, 0.1) is 62.3 Å². The third-order valence-electron chi connectivity index (χ3n) is 9.95. The van der Waals surface area contributed by atoms with Gasteiger partial charge in [-0.15, -0.1) is 0 Å². The van der Waals surface area contributed by atoms with Gasteiger partial charge in [-0.3, -0.25) is 0 Å². The van der Waals surface area contributed by atoms with E-state index in [1.54, 1.807) is 0 Å². The summed E-state index contributed by atoms with van der Waals surface area (Å²) in [6, 6.07) is 11.3. The van der Waals surface area contributed by atoms with Gasteiger partial charge in [0.1, 0.15) is 0 Å². The first-order chi connectivity index (χ1) is 25.2. The Labute approximate surface area is 327 Å². The molecule has 3 rings (SSSR count). The van der Waals surface area contributed by atoms with E-state index in [-0.39, 0.29) is 31.1 Å². The fourth-order valence-corrected chi connectivity index (χ4v) is 13.6. The second-order valence-corrected chi connectivity index (χ2v) is 20.5. The SMILES string of the molecule is CCN(CCCCN(CCCCN(CCCCN)S(=O)(=O)c1c(C)cc(C)cc1C)S(=O)(=O)c1c(C)cc(C)cc1C)S(=O)(=O)c1c(C)cc(C)cc1C. The summed E-state index contributed by atoms with van der Waals surface area (Å²) in [5.41, 5.74) is 12.9. The van der Waals surface area contributed by atoms with E-state index < -0.39 is 30.1 Å². The van der Waals surface area contributed by atoms with Crippen LogP contribution in [0.1, 0.15) is 95.5 Å². The van der Waals surface area contributed by atoms with E-state index in [0.29, 0.717) is 101 Å². The molecular formula is C41H64N4O6S3. The van der Waals surface area contributed by atoms with Crippen molar-refractivity contribution in [1.29, 1.82) is 0 Å². The summed E-state index contributed by atoms with van der Waals surface area (Å²) in [5.74, 6) is 0. The highest BCUT2D eigenvalue weighted by Crippen LogP contribution is 2.29. The Morgan fingerprint density at radius 1 is 0.407 bits per heavy atom. The molecule has 0 saturated carbocycles. The molecule has 0 heterocycles. The predicted molar refractivity (Wildman–Crippen MR) is 221 cm³/mol. The van der Waals surface area contributed by atoms with Crippen LogP contribution in [0.2, 0.25) is 0 Å². The van der Waals surface area contributed by atoms with Crippen LogP contribution in [-0.4, -0.2) is 84.0 Å². The molecule has 13 heteroatoms. The van der Waals surface area contributed by atoms with Crippen molar-refractivity contribution >= 4 is 30.1 Å². The number of hydrogen-bond acceptors (Lipinski definition) is 7. The van der Waals surface area contributed by atoms with Gasteiger partial charge in [0.2, 0.25) is 30.1 Å². The molecule has 10 nitrogen and oxygen atoms in total. The van der Waals surface area contributed by atoms with Gasteiger partial charge >= 0.3 is 0 Å². The second kappa shape index (κ2) is 19.5. The van der Waals surface area contributed by atoms with Crippen molar-refractivity contribution in [3.8, 4) is 0 Å². The normalized spacial score (nSPS) is 12.8. The van der Waals surface area contributed by atoms with Gasteiger partial charge in [-0.2, -0.15) is 12.9 Å². The van der Waals surface area contributed by atoms with Gasteiger partial charge in [-0.1, -0.05) is 60.0 Å². The fourth-order valence-electron chi connectivity index (χ4n) is 7.85. The molecule has 0 aliphatic carbocycles. The van der Waals surface area contributed by atoms with Crippen LogP contribution in [0.15, 0.2) is 51.1 Å². The molecule has 0 saturated heterocycles. The van der Waals surface area contributed by atoms with Crippen molar-refractivity contribution < 1.29 is 25.3 Å². The predicted octanol–water partition coefficient (Wildman–Crippen LogP) is 7.15. The lowest BCUT2D eigenvalue weighted by molar-refractivity contribution is 0.352. The lowest BCUT2D eigenvalue weighted by atomic mass is 10.1. The number of benzene rings is 3. The summed E-state index contributed by atoms with van der Waals surface area (Å²) >= 11 is 0. The molecule has 0 amide bonds. The molecule has 0 aliphatic heterocycles. The van der Waals surface area contributed by atoms with Gasteiger partial charge in [0.05, 0.1) is 14.7 Å². The first-order valence-corrected chi connectivity index (χ1v) is 23.5. The van der Waals surface area contributed by atoms with E-state index in [1.807, 2.05) is 106 Å². The van der Waals surface area contributed by atoms with Gasteiger partial charge in [0.15, 0.2) is 0 Å². The van der Waals surface area contributed by atoms with Gasteiger partial charge in [-0.25, -0.2) is 25.3 Å². The van der Waals surface area contributed by atoms with Crippen molar-refractivity contribution in [1.82, 2.24) is 12.9 Å². The standard InChI is InChI=1S/C41H64N4O6S3/c1-11-43(52(46,47)39-33(5)24-30(2)25-34(39)6)19-14-15-21-45(54(50,51)41-37(9)28-32(4)29-38(41)10)23-17-16-22-44(20-13-12-18-42)53(48,49)40-35(7)26-31(3)27-36(40)8/h24-29H,11-23,42H2,1-10H3. The van der Waals surface area contributed by atoms with Crippen LogP contribution in [0.25, 0.3) is 0 Å². The third-order valence-corrected chi connectivity index (χ3v) is 16.6. The molecule has 2 N–H and O–H groups in total. The highest BCUT2D eigenvalue weighted by molar-refractivity contribution is 7.89. The third kappa shape index (κ3) is 11.0. The van der Waals surface area contributed by atoms with E-state index in [1.165, 1.54) is 12.9 Å².